The monoisotopic (exact) mass is 429 g/mol. The van der Waals surface area contributed by atoms with Crippen molar-refractivity contribution in [1.82, 2.24) is 14.9 Å². The van der Waals surface area contributed by atoms with Crippen LogP contribution < -0.4 is 10.6 Å². The van der Waals surface area contributed by atoms with E-state index in [1.54, 1.807) is 0 Å². The van der Waals surface area contributed by atoms with Gasteiger partial charge in [-0.1, -0.05) is 17.7 Å². The van der Waals surface area contributed by atoms with Gasteiger partial charge in [0, 0.05) is 13.1 Å². The van der Waals surface area contributed by atoms with Crippen molar-refractivity contribution >= 4 is 28.3 Å². The molecule has 8 heteroatoms. The van der Waals surface area contributed by atoms with E-state index in [4.69, 9.17) is 0 Å². The second kappa shape index (κ2) is 9.57. The molecule has 2 aliphatic heterocycles. The highest BCUT2D eigenvalue weighted by Gasteiger charge is 2.40. The standard InChI is InChI=1S/C20H31N3O3S.ClH/c1-14-11-15(2)19(16(3)12-14)27(25,26)23-10-4-5-18(23)20(24)22-9-7-17-6-8-21-13-17;/h11-12,17-18,21H,4-10,13H2,1-3H3,(H,22,24);1H. The average Bonchev–Trinajstić information content (AvgIpc) is 3.25. The molecule has 2 unspecified atom stereocenters. The van der Waals surface area contributed by atoms with Gasteiger partial charge in [0.1, 0.15) is 6.04 Å². The topological polar surface area (TPSA) is 78.5 Å². The van der Waals surface area contributed by atoms with E-state index in [-0.39, 0.29) is 18.3 Å². The molecule has 0 saturated carbocycles. The lowest BCUT2D eigenvalue weighted by atomic mass is 10.1. The summed E-state index contributed by atoms with van der Waals surface area (Å²) in [5.74, 6) is 0.441. The third-order valence-corrected chi connectivity index (χ3v) is 7.91. The largest absolute Gasteiger partial charge is 0.355 e. The molecular formula is C20H32ClN3O3S. The highest BCUT2D eigenvalue weighted by Crippen LogP contribution is 2.30. The third kappa shape index (κ3) is 4.87. The van der Waals surface area contributed by atoms with Crippen LogP contribution in [0.25, 0.3) is 0 Å². The number of carbonyl (C=O) groups excluding carboxylic acids is 1. The van der Waals surface area contributed by atoms with Crippen LogP contribution >= 0.6 is 12.4 Å². The van der Waals surface area contributed by atoms with Gasteiger partial charge in [-0.2, -0.15) is 4.31 Å². The van der Waals surface area contributed by atoms with Crippen LogP contribution in [-0.4, -0.2) is 50.9 Å². The summed E-state index contributed by atoms with van der Waals surface area (Å²) in [5.41, 5.74) is 2.53. The number of hydrogen-bond donors (Lipinski definition) is 2. The van der Waals surface area contributed by atoms with Gasteiger partial charge in [0.2, 0.25) is 15.9 Å². The highest BCUT2D eigenvalue weighted by atomic mass is 35.5. The number of hydrogen-bond acceptors (Lipinski definition) is 4. The Morgan fingerprint density at radius 1 is 1.21 bits per heavy atom. The summed E-state index contributed by atoms with van der Waals surface area (Å²) in [4.78, 5) is 13.1. The maximum atomic E-state index is 13.3. The quantitative estimate of drug-likeness (QED) is 0.727. The van der Waals surface area contributed by atoms with Crippen molar-refractivity contribution in [3.05, 3.63) is 28.8 Å². The molecule has 2 atom stereocenters. The predicted molar refractivity (Wildman–Crippen MR) is 113 cm³/mol. The van der Waals surface area contributed by atoms with E-state index in [0.717, 1.165) is 42.6 Å². The average molecular weight is 430 g/mol. The Morgan fingerprint density at radius 2 is 1.89 bits per heavy atom. The first-order valence-corrected chi connectivity index (χ1v) is 11.3. The smallest absolute Gasteiger partial charge is 0.244 e. The van der Waals surface area contributed by atoms with Gasteiger partial charge in [-0.05, 0) is 76.6 Å². The van der Waals surface area contributed by atoms with Crippen LogP contribution in [0.15, 0.2) is 17.0 Å². The van der Waals surface area contributed by atoms with E-state index in [2.05, 4.69) is 10.6 Å². The van der Waals surface area contributed by atoms with Gasteiger partial charge in [0.15, 0.2) is 0 Å². The van der Waals surface area contributed by atoms with Gasteiger partial charge in [0.05, 0.1) is 4.90 Å². The van der Waals surface area contributed by atoms with Crippen molar-refractivity contribution in [3.8, 4) is 0 Å². The minimum absolute atomic E-state index is 0. The normalized spacial score (nSPS) is 22.8. The maximum Gasteiger partial charge on any atom is 0.244 e. The zero-order valence-electron chi connectivity index (χ0n) is 17.0. The Morgan fingerprint density at radius 3 is 2.50 bits per heavy atom. The fraction of sp³-hybridized carbons (Fsp3) is 0.650. The Balaban J connectivity index is 0.00000280. The first kappa shape index (κ1) is 23.1. The summed E-state index contributed by atoms with van der Waals surface area (Å²) in [7, 11) is -3.69. The number of halogens is 1. The lowest BCUT2D eigenvalue weighted by Gasteiger charge is -2.25. The summed E-state index contributed by atoms with van der Waals surface area (Å²) < 4.78 is 28.1. The molecule has 1 amide bonds. The van der Waals surface area contributed by atoms with Crippen LogP contribution in [-0.2, 0) is 14.8 Å². The number of carbonyl (C=O) groups is 1. The van der Waals surface area contributed by atoms with Crippen LogP contribution in [0, 0.1) is 26.7 Å². The Kier molecular flexibility index (Phi) is 7.90. The fourth-order valence-corrected chi connectivity index (χ4v) is 6.53. The molecular weight excluding hydrogens is 398 g/mol. The number of sulfonamides is 1. The molecule has 2 heterocycles. The predicted octanol–water partition coefficient (Wildman–Crippen LogP) is 2.30. The third-order valence-electron chi connectivity index (χ3n) is 5.69. The van der Waals surface area contributed by atoms with Crippen molar-refractivity contribution in [2.45, 2.75) is 57.4 Å². The van der Waals surface area contributed by atoms with Crippen LogP contribution in [0.5, 0.6) is 0 Å². The van der Waals surface area contributed by atoms with Crippen molar-refractivity contribution in [1.29, 1.82) is 0 Å². The van der Waals surface area contributed by atoms with Crippen molar-refractivity contribution in [2.75, 3.05) is 26.2 Å². The van der Waals surface area contributed by atoms with E-state index in [9.17, 15) is 13.2 Å². The zero-order chi connectivity index (χ0) is 19.6. The number of nitrogens with one attached hydrogen (secondary N) is 2. The number of benzene rings is 1. The van der Waals surface area contributed by atoms with E-state index < -0.39 is 16.1 Å². The fourth-order valence-electron chi connectivity index (χ4n) is 4.46. The molecule has 0 radical (unpaired) electrons. The van der Waals surface area contributed by atoms with E-state index in [1.807, 2.05) is 32.9 Å². The summed E-state index contributed by atoms with van der Waals surface area (Å²) in [6.45, 7) is 8.68. The molecule has 3 rings (SSSR count). The lowest BCUT2D eigenvalue weighted by molar-refractivity contribution is -0.124. The van der Waals surface area contributed by atoms with Gasteiger partial charge in [-0.15, -0.1) is 12.4 Å². The van der Waals surface area contributed by atoms with Gasteiger partial charge >= 0.3 is 0 Å². The second-order valence-electron chi connectivity index (χ2n) is 7.94. The molecule has 0 spiro atoms. The van der Waals surface area contributed by atoms with Crippen molar-refractivity contribution in [2.24, 2.45) is 5.92 Å². The molecule has 158 valence electrons. The van der Waals surface area contributed by atoms with Crippen LogP contribution in [0.2, 0.25) is 0 Å². The molecule has 1 aromatic rings. The lowest BCUT2D eigenvalue weighted by Crippen LogP contribution is -2.46. The van der Waals surface area contributed by atoms with Gasteiger partial charge in [-0.25, -0.2) is 8.42 Å². The van der Waals surface area contributed by atoms with Crippen molar-refractivity contribution in [3.63, 3.8) is 0 Å². The summed E-state index contributed by atoms with van der Waals surface area (Å²) in [5, 5.41) is 6.30. The zero-order valence-corrected chi connectivity index (χ0v) is 18.6. The Labute approximate surface area is 174 Å². The van der Waals surface area contributed by atoms with E-state index in [0.29, 0.717) is 36.7 Å². The molecule has 0 aromatic heterocycles. The summed E-state index contributed by atoms with van der Waals surface area (Å²) in [6.07, 6.45) is 3.38. The molecule has 1 aromatic carbocycles. The minimum atomic E-state index is -3.69. The SMILES string of the molecule is Cc1cc(C)c(S(=O)(=O)N2CCCC2C(=O)NCCC2CCNC2)c(C)c1.Cl. The molecule has 2 fully saturated rings. The summed E-state index contributed by atoms with van der Waals surface area (Å²) in [6, 6.07) is 3.18. The van der Waals surface area contributed by atoms with Gasteiger partial charge in [-0.3, -0.25) is 4.79 Å². The number of nitrogens with zero attached hydrogens (tertiary/aromatic N) is 1. The first-order chi connectivity index (χ1) is 12.8. The number of aryl methyl sites for hydroxylation is 3. The minimum Gasteiger partial charge on any atom is -0.355 e. The van der Waals surface area contributed by atoms with E-state index in [1.165, 1.54) is 4.31 Å². The maximum absolute atomic E-state index is 13.3. The van der Waals surface area contributed by atoms with E-state index >= 15 is 0 Å². The highest BCUT2D eigenvalue weighted by molar-refractivity contribution is 7.89. The number of rotatable bonds is 6. The molecule has 6 nitrogen and oxygen atoms in total. The summed E-state index contributed by atoms with van der Waals surface area (Å²) >= 11 is 0. The van der Waals surface area contributed by atoms with Crippen LogP contribution in [0.4, 0.5) is 0 Å². The van der Waals surface area contributed by atoms with Gasteiger partial charge in [0.25, 0.3) is 0 Å². The molecule has 0 bridgehead atoms. The molecule has 28 heavy (non-hydrogen) atoms. The molecule has 0 aliphatic carbocycles. The first-order valence-electron chi connectivity index (χ1n) is 9.89. The number of amides is 1. The second-order valence-corrected chi connectivity index (χ2v) is 9.77. The van der Waals surface area contributed by atoms with Crippen LogP contribution in [0.3, 0.4) is 0 Å². The van der Waals surface area contributed by atoms with Crippen molar-refractivity contribution < 1.29 is 13.2 Å². The van der Waals surface area contributed by atoms with Crippen LogP contribution in [0.1, 0.15) is 42.4 Å². The molecule has 2 aliphatic rings. The van der Waals surface area contributed by atoms with Gasteiger partial charge < -0.3 is 10.6 Å². The molecule has 2 saturated heterocycles. The Bertz CT molecular complexity index is 784. The molecule has 2 N–H and O–H groups in total. The Hall–Kier alpha value is -1.15.